The van der Waals surface area contributed by atoms with E-state index in [0.717, 1.165) is 43.0 Å². The van der Waals surface area contributed by atoms with E-state index in [2.05, 4.69) is 36.1 Å². The normalized spacial score (nSPS) is 19.3. The van der Waals surface area contributed by atoms with Crippen molar-refractivity contribution in [2.75, 3.05) is 13.1 Å². The van der Waals surface area contributed by atoms with Gasteiger partial charge in [-0.05, 0) is 49.6 Å². The molecular weight excluding hydrogens is 284 g/mol. The largest absolute Gasteiger partial charge is 0.440 e. The molecule has 0 N–H and O–H groups in total. The number of nitrogens with zero attached hydrogens (tertiary/aromatic N) is 2. The second-order valence-corrected chi connectivity index (χ2v) is 6.52. The Labute approximate surface area is 136 Å². The third kappa shape index (κ3) is 3.02. The highest BCUT2D eigenvalue weighted by Gasteiger charge is 2.25. The summed E-state index contributed by atoms with van der Waals surface area (Å²) in [6.45, 7) is 5.40. The van der Waals surface area contributed by atoms with Crippen molar-refractivity contribution in [2.24, 2.45) is 0 Å². The third-order valence-corrected chi connectivity index (χ3v) is 4.82. The van der Waals surface area contributed by atoms with Gasteiger partial charge >= 0.3 is 0 Å². The molecule has 3 aromatic rings. The van der Waals surface area contributed by atoms with Crippen molar-refractivity contribution in [1.29, 1.82) is 0 Å². The van der Waals surface area contributed by atoms with Gasteiger partial charge in [-0.3, -0.25) is 4.90 Å². The molecule has 3 nitrogen and oxygen atoms in total. The number of hydrogen-bond acceptors (Lipinski definition) is 3. The summed E-state index contributed by atoms with van der Waals surface area (Å²) in [6, 6.07) is 16.7. The molecule has 1 aromatic heterocycles. The summed E-state index contributed by atoms with van der Waals surface area (Å²) < 4.78 is 5.99. The Hall–Kier alpha value is -2.13. The van der Waals surface area contributed by atoms with Crippen LogP contribution < -0.4 is 0 Å². The van der Waals surface area contributed by atoms with Crippen molar-refractivity contribution in [3.63, 3.8) is 0 Å². The molecule has 0 amide bonds. The van der Waals surface area contributed by atoms with Crippen molar-refractivity contribution < 1.29 is 4.42 Å². The average Bonchev–Trinajstić information content (AvgIpc) is 3.01. The number of oxazole rings is 1. The minimum absolute atomic E-state index is 0.403. The summed E-state index contributed by atoms with van der Waals surface area (Å²) in [6.07, 6.45) is 2.37. The maximum absolute atomic E-state index is 5.99. The van der Waals surface area contributed by atoms with Crippen LogP contribution in [0.1, 0.15) is 35.8 Å². The fraction of sp³-hybridized carbons (Fsp3) is 0.350. The van der Waals surface area contributed by atoms with Gasteiger partial charge in [-0.25, -0.2) is 4.98 Å². The van der Waals surface area contributed by atoms with Crippen molar-refractivity contribution in [2.45, 2.75) is 32.2 Å². The minimum atomic E-state index is 0.403. The Kier molecular flexibility index (Phi) is 3.88. The van der Waals surface area contributed by atoms with Gasteiger partial charge in [0.05, 0.1) is 0 Å². The molecular formula is C20H22N2O. The minimum Gasteiger partial charge on any atom is -0.440 e. The average molecular weight is 306 g/mol. The van der Waals surface area contributed by atoms with Gasteiger partial charge in [0.25, 0.3) is 0 Å². The molecule has 1 aliphatic rings. The lowest BCUT2D eigenvalue weighted by Crippen LogP contribution is -2.34. The predicted octanol–water partition coefficient (Wildman–Crippen LogP) is 4.52. The molecule has 1 aliphatic heterocycles. The Morgan fingerprint density at radius 2 is 1.96 bits per heavy atom. The highest BCUT2D eigenvalue weighted by atomic mass is 16.3. The molecule has 0 spiro atoms. The second kappa shape index (κ2) is 6.17. The molecule has 0 aliphatic carbocycles. The molecule has 2 heterocycles. The molecule has 0 unspecified atom stereocenters. The van der Waals surface area contributed by atoms with Crippen molar-refractivity contribution in [3.8, 4) is 0 Å². The molecule has 0 saturated carbocycles. The summed E-state index contributed by atoms with van der Waals surface area (Å²) >= 11 is 0. The van der Waals surface area contributed by atoms with Crippen LogP contribution in [0.5, 0.6) is 0 Å². The van der Waals surface area contributed by atoms with Gasteiger partial charge in [-0.2, -0.15) is 0 Å². The third-order valence-electron chi connectivity index (χ3n) is 4.82. The lowest BCUT2D eigenvalue weighted by atomic mass is 9.97. The number of likely N-dealkylation sites (tertiary alicyclic amines) is 1. The van der Waals surface area contributed by atoms with Gasteiger partial charge in [-0.1, -0.05) is 36.4 Å². The van der Waals surface area contributed by atoms with E-state index in [1.807, 2.05) is 24.3 Å². The van der Waals surface area contributed by atoms with E-state index in [-0.39, 0.29) is 0 Å². The number of aromatic nitrogens is 1. The molecule has 0 bridgehead atoms. The van der Waals surface area contributed by atoms with Gasteiger partial charge in [-0.15, -0.1) is 0 Å². The monoisotopic (exact) mass is 306 g/mol. The van der Waals surface area contributed by atoms with Crippen LogP contribution in [-0.4, -0.2) is 23.0 Å². The lowest BCUT2D eigenvalue weighted by Gasteiger charge is -2.31. The van der Waals surface area contributed by atoms with Crippen molar-refractivity contribution in [1.82, 2.24) is 9.88 Å². The predicted molar refractivity (Wildman–Crippen MR) is 92.4 cm³/mol. The van der Waals surface area contributed by atoms with Crippen LogP contribution in [0.2, 0.25) is 0 Å². The zero-order chi connectivity index (χ0) is 15.6. The van der Waals surface area contributed by atoms with Crippen molar-refractivity contribution >= 4 is 11.1 Å². The van der Waals surface area contributed by atoms with E-state index in [9.17, 15) is 0 Å². The number of hydrogen-bond donors (Lipinski definition) is 0. The molecule has 2 aromatic carbocycles. The van der Waals surface area contributed by atoms with Gasteiger partial charge < -0.3 is 4.42 Å². The van der Waals surface area contributed by atoms with Crippen LogP contribution in [0.25, 0.3) is 11.1 Å². The Balaban J connectivity index is 1.51. The highest BCUT2D eigenvalue weighted by molar-refractivity contribution is 5.72. The first-order valence-corrected chi connectivity index (χ1v) is 8.42. The fourth-order valence-corrected chi connectivity index (χ4v) is 3.49. The highest BCUT2D eigenvalue weighted by Crippen LogP contribution is 2.29. The first kappa shape index (κ1) is 14.5. The van der Waals surface area contributed by atoms with E-state index in [1.165, 1.54) is 17.5 Å². The number of aryl methyl sites for hydroxylation is 1. The summed E-state index contributed by atoms with van der Waals surface area (Å²) in [5.74, 6) is 1.31. The molecule has 118 valence electrons. The fourth-order valence-electron chi connectivity index (χ4n) is 3.49. The maximum Gasteiger partial charge on any atom is 0.199 e. The number of fused-ring (bicyclic) bond motifs is 1. The zero-order valence-electron chi connectivity index (χ0n) is 13.5. The van der Waals surface area contributed by atoms with Crippen molar-refractivity contribution in [3.05, 3.63) is 65.5 Å². The van der Waals surface area contributed by atoms with Crippen LogP contribution in [0.3, 0.4) is 0 Å². The van der Waals surface area contributed by atoms with Crippen LogP contribution in [0, 0.1) is 6.92 Å². The van der Waals surface area contributed by atoms with Gasteiger partial charge in [0.1, 0.15) is 5.52 Å². The Bertz CT molecular complexity index is 775. The zero-order valence-corrected chi connectivity index (χ0v) is 13.5. The molecule has 4 rings (SSSR count). The molecule has 1 fully saturated rings. The van der Waals surface area contributed by atoms with E-state index < -0.39 is 0 Å². The first-order chi connectivity index (χ1) is 11.3. The molecule has 1 saturated heterocycles. The number of rotatable bonds is 3. The van der Waals surface area contributed by atoms with Crippen LogP contribution in [0.15, 0.2) is 52.9 Å². The standard InChI is InChI=1S/C20H22N2O/c1-15-7-2-3-8-16(15)13-22-12-6-9-17(14-22)20-21-18-10-4-5-11-19(18)23-20/h2-5,7-8,10-11,17H,6,9,12-14H2,1H3/t17-/m0/s1. The number of piperidine rings is 1. The maximum atomic E-state index is 5.99. The van der Waals surface area contributed by atoms with Gasteiger partial charge in [0.15, 0.2) is 11.5 Å². The smallest absolute Gasteiger partial charge is 0.199 e. The Morgan fingerprint density at radius 3 is 2.83 bits per heavy atom. The summed E-state index contributed by atoms with van der Waals surface area (Å²) in [5.41, 5.74) is 4.67. The molecule has 1 atom stereocenters. The number of benzene rings is 2. The lowest BCUT2D eigenvalue weighted by molar-refractivity contribution is 0.187. The summed E-state index contributed by atoms with van der Waals surface area (Å²) in [5, 5.41) is 0. The first-order valence-electron chi connectivity index (χ1n) is 8.42. The van der Waals surface area contributed by atoms with Gasteiger partial charge in [0, 0.05) is 19.0 Å². The summed E-state index contributed by atoms with van der Waals surface area (Å²) in [7, 11) is 0. The summed E-state index contributed by atoms with van der Waals surface area (Å²) in [4.78, 5) is 7.24. The topological polar surface area (TPSA) is 29.3 Å². The van der Waals surface area contributed by atoms with E-state index in [4.69, 9.17) is 9.40 Å². The van der Waals surface area contributed by atoms with Gasteiger partial charge in [0.2, 0.25) is 0 Å². The Morgan fingerprint density at radius 1 is 1.13 bits per heavy atom. The van der Waals surface area contributed by atoms with Crippen LogP contribution in [-0.2, 0) is 6.54 Å². The van der Waals surface area contributed by atoms with Crippen LogP contribution in [0.4, 0.5) is 0 Å². The quantitative estimate of drug-likeness (QED) is 0.712. The SMILES string of the molecule is Cc1ccccc1CN1CCC[C@H](c2nc3ccccc3o2)C1. The molecule has 23 heavy (non-hydrogen) atoms. The molecule has 0 radical (unpaired) electrons. The molecule has 3 heteroatoms. The van der Waals surface area contributed by atoms with E-state index in [1.54, 1.807) is 0 Å². The van der Waals surface area contributed by atoms with E-state index in [0.29, 0.717) is 5.92 Å². The van der Waals surface area contributed by atoms with Crippen LogP contribution >= 0.6 is 0 Å². The van der Waals surface area contributed by atoms with E-state index >= 15 is 0 Å². The number of para-hydroxylation sites is 2. The second-order valence-electron chi connectivity index (χ2n) is 6.52.